The van der Waals surface area contributed by atoms with Gasteiger partial charge in [-0.15, -0.1) is 11.8 Å². The van der Waals surface area contributed by atoms with Gasteiger partial charge in [0, 0.05) is 11.4 Å². The summed E-state index contributed by atoms with van der Waals surface area (Å²) < 4.78 is 14.1. The van der Waals surface area contributed by atoms with Gasteiger partial charge in [-0.1, -0.05) is 23.8 Å². The minimum atomic E-state index is -0.618. The van der Waals surface area contributed by atoms with Gasteiger partial charge in [0.2, 0.25) is 5.91 Å². The number of hydrogen-bond donors (Lipinski definition) is 1. The van der Waals surface area contributed by atoms with E-state index in [2.05, 4.69) is 5.32 Å². The van der Waals surface area contributed by atoms with Gasteiger partial charge < -0.3 is 10.2 Å². The van der Waals surface area contributed by atoms with E-state index >= 15 is 0 Å². The van der Waals surface area contributed by atoms with Gasteiger partial charge in [0.15, 0.2) is 0 Å². The van der Waals surface area contributed by atoms with E-state index in [1.165, 1.54) is 28.8 Å². The molecule has 1 saturated heterocycles. The van der Waals surface area contributed by atoms with E-state index in [1.54, 1.807) is 13.0 Å². The Morgan fingerprint density at radius 2 is 1.96 bits per heavy atom. The Morgan fingerprint density at radius 3 is 2.73 bits per heavy atom. The van der Waals surface area contributed by atoms with Crippen molar-refractivity contribution in [2.75, 3.05) is 16.9 Å². The summed E-state index contributed by atoms with van der Waals surface area (Å²) >= 11 is 1.49. The van der Waals surface area contributed by atoms with Crippen molar-refractivity contribution in [3.63, 3.8) is 0 Å². The fraction of sp³-hybridized carbons (Fsp3) is 0.300. The number of nitrogens with zero attached hydrogens (tertiary/aromatic N) is 1. The molecule has 2 aromatic rings. The zero-order chi connectivity index (χ0) is 18.8. The first-order chi connectivity index (χ1) is 12.4. The molecule has 2 amide bonds. The molecule has 0 bridgehead atoms. The van der Waals surface area contributed by atoms with Gasteiger partial charge in [-0.3, -0.25) is 9.59 Å². The molecule has 1 unspecified atom stereocenters. The number of carbonyl (C=O) groups is 2. The zero-order valence-corrected chi connectivity index (χ0v) is 15.8. The summed E-state index contributed by atoms with van der Waals surface area (Å²) in [6.45, 7) is 5.73. The predicted molar refractivity (Wildman–Crippen MR) is 103 cm³/mol. The van der Waals surface area contributed by atoms with Crippen LogP contribution in [0.25, 0.3) is 0 Å². The molecule has 26 heavy (non-hydrogen) atoms. The topological polar surface area (TPSA) is 49.4 Å². The van der Waals surface area contributed by atoms with E-state index in [9.17, 15) is 14.0 Å². The van der Waals surface area contributed by atoms with Crippen LogP contribution in [0.1, 0.15) is 27.0 Å². The van der Waals surface area contributed by atoms with E-state index < -0.39 is 17.8 Å². The van der Waals surface area contributed by atoms with Gasteiger partial charge in [0.25, 0.3) is 5.91 Å². The molecule has 4 nitrogen and oxygen atoms in total. The van der Waals surface area contributed by atoms with Crippen molar-refractivity contribution in [3.8, 4) is 0 Å². The molecule has 1 aliphatic heterocycles. The lowest BCUT2D eigenvalue weighted by Crippen LogP contribution is -2.44. The molecular weight excluding hydrogens is 351 g/mol. The standard InChI is InChI=1S/C20H21FN2O2S/c1-12-7-8-16(21)15(9-12)20(25)23-11-26-10-18(23)19(24)22-17-6-4-5-13(2)14(17)3/h4-9,18H,10-11H2,1-3H3,(H,22,24). The van der Waals surface area contributed by atoms with Crippen LogP contribution in [0.3, 0.4) is 0 Å². The summed E-state index contributed by atoms with van der Waals surface area (Å²) in [6.07, 6.45) is 0. The molecule has 1 aliphatic rings. The molecule has 2 aromatic carbocycles. The minimum Gasteiger partial charge on any atom is -0.324 e. The summed E-state index contributed by atoms with van der Waals surface area (Å²) in [5, 5.41) is 2.92. The molecule has 0 aliphatic carbocycles. The normalized spacial score (nSPS) is 16.6. The maximum absolute atomic E-state index is 14.1. The van der Waals surface area contributed by atoms with E-state index in [0.29, 0.717) is 11.6 Å². The Balaban J connectivity index is 1.81. The number of halogens is 1. The van der Waals surface area contributed by atoms with Crippen LogP contribution in [0, 0.1) is 26.6 Å². The monoisotopic (exact) mass is 372 g/mol. The summed E-state index contributed by atoms with van der Waals surface area (Å²) in [7, 11) is 0. The fourth-order valence-electron chi connectivity index (χ4n) is 2.92. The number of carbonyl (C=O) groups excluding carboxylic acids is 2. The number of hydrogen-bond acceptors (Lipinski definition) is 3. The van der Waals surface area contributed by atoms with Crippen molar-refractivity contribution in [2.24, 2.45) is 0 Å². The zero-order valence-electron chi connectivity index (χ0n) is 15.0. The third-order valence-electron chi connectivity index (χ3n) is 4.66. The van der Waals surface area contributed by atoms with E-state index in [4.69, 9.17) is 0 Å². The first-order valence-corrected chi connectivity index (χ1v) is 9.56. The average Bonchev–Trinajstić information content (AvgIpc) is 3.10. The maximum atomic E-state index is 14.1. The number of nitrogens with one attached hydrogen (secondary N) is 1. The average molecular weight is 372 g/mol. The number of rotatable bonds is 3. The van der Waals surface area contributed by atoms with Gasteiger partial charge >= 0.3 is 0 Å². The second-order valence-corrected chi connectivity index (χ2v) is 7.51. The van der Waals surface area contributed by atoms with Crippen LogP contribution in [-0.2, 0) is 4.79 Å². The van der Waals surface area contributed by atoms with Gasteiger partial charge in [0.1, 0.15) is 11.9 Å². The lowest BCUT2D eigenvalue weighted by molar-refractivity contribution is -0.119. The highest BCUT2D eigenvalue weighted by Crippen LogP contribution is 2.26. The summed E-state index contributed by atoms with van der Waals surface area (Å²) in [4.78, 5) is 27.0. The second-order valence-electron chi connectivity index (χ2n) is 6.51. The Morgan fingerprint density at radius 1 is 1.19 bits per heavy atom. The molecular formula is C20H21FN2O2S. The van der Waals surface area contributed by atoms with Crippen LogP contribution in [0.4, 0.5) is 10.1 Å². The Kier molecular flexibility index (Phi) is 5.32. The summed E-state index contributed by atoms with van der Waals surface area (Å²) in [6, 6.07) is 9.52. The van der Waals surface area contributed by atoms with Gasteiger partial charge in [-0.05, 0) is 50.1 Å². The van der Waals surface area contributed by atoms with Crippen LogP contribution in [0.15, 0.2) is 36.4 Å². The highest BCUT2D eigenvalue weighted by molar-refractivity contribution is 7.99. The van der Waals surface area contributed by atoms with Gasteiger partial charge in [-0.2, -0.15) is 0 Å². The third kappa shape index (κ3) is 3.60. The van der Waals surface area contributed by atoms with Crippen LogP contribution in [0.5, 0.6) is 0 Å². The van der Waals surface area contributed by atoms with E-state index in [1.807, 2.05) is 32.0 Å². The minimum absolute atomic E-state index is 0.0111. The predicted octanol–water partition coefficient (Wildman–Crippen LogP) is 3.90. The van der Waals surface area contributed by atoms with Crippen molar-refractivity contribution in [1.29, 1.82) is 0 Å². The third-order valence-corrected chi connectivity index (χ3v) is 5.67. The number of amides is 2. The molecule has 0 aromatic heterocycles. The lowest BCUT2D eigenvalue weighted by Gasteiger charge is -2.24. The Hall–Kier alpha value is -2.34. The molecule has 3 rings (SSSR count). The molecule has 1 fully saturated rings. The highest BCUT2D eigenvalue weighted by Gasteiger charge is 2.36. The Labute approximate surface area is 156 Å². The van der Waals surface area contributed by atoms with Crippen molar-refractivity contribution < 1.29 is 14.0 Å². The Bertz CT molecular complexity index is 869. The number of thioether (sulfide) groups is 1. The van der Waals surface area contributed by atoms with Gasteiger partial charge in [-0.25, -0.2) is 4.39 Å². The fourth-order valence-corrected chi connectivity index (χ4v) is 4.07. The van der Waals surface area contributed by atoms with Crippen LogP contribution in [0.2, 0.25) is 0 Å². The first-order valence-electron chi connectivity index (χ1n) is 8.40. The lowest BCUT2D eigenvalue weighted by atomic mass is 10.1. The first kappa shape index (κ1) is 18.5. The summed E-state index contributed by atoms with van der Waals surface area (Å²) in [5.74, 6) is -0.388. The van der Waals surface area contributed by atoms with Gasteiger partial charge in [0.05, 0.1) is 11.4 Å². The SMILES string of the molecule is Cc1ccc(F)c(C(=O)N2CSCC2C(=O)Nc2cccc(C)c2C)c1. The molecule has 1 N–H and O–H groups in total. The molecule has 1 heterocycles. The van der Waals surface area contributed by atoms with Crippen LogP contribution in [-0.4, -0.2) is 34.4 Å². The van der Waals surface area contributed by atoms with Crippen molar-refractivity contribution in [3.05, 3.63) is 64.5 Å². The van der Waals surface area contributed by atoms with Crippen LogP contribution >= 0.6 is 11.8 Å². The second kappa shape index (κ2) is 7.50. The largest absolute Gasteiger partial charge is 0.324 e. The quantitative estimate of drug-likeness (QED) is 0.889. The number of anilines is 1. The number of benzene rings is 2. The summed E-state index contributed by atoms with van der Waals surface area (Å²) in [5.41, 5.74) is 3.63. The van der Waals surface area contributed by atoms with Crippen molar-refractivity contribution in [1.82, 2.24) is 4.90 Å². The van der Waals surface area contributed by atoms with Crippen molar-refractivity contribution >= 4 is 29.3 Å². The van der Waals surface area contributed by atoms with E-state index in [0.717, 1.165) is 22.4 Å². The highest BCUT2D eigenvalue weighted by atomic mass is 32.2. The molecule has 0 radical (unpaired) electrons. The molecule has 6 heteroatoms. The van der Waals surface area contributed by atoms with Crippen LogP contribution < -0.4 is 5.32 Å². The molecule has 0 saturated carbocycles. The van der Waals surface area contributed by atoms with Crippen molar-refractivity contribution in [2.45, 2.75) is 26.8 Å². The maximum Gasteiger partial charge on any atom is 0.258 e. The molecule has 0 spiro atoms. The number of aryl methyl sites for hydroxylation is 2. The molecule has 136 valence electrons. The molecule has 1 atom stereocenters. The van der Waals surface area contributed by atoms with E-state index in [-0.39, 0.29) is 11.5 Å². The smallest absolute Gasteiger partial charge is 0.258 e.